The molecule has 1 aliphatic heterocycles. The van der Waals surface area contributed by atoms with Gasteiger partial charge in [0.25, 0.3) is 5.91 Å². The van der Waals surface area contributed by atoms with Crippen LogP contribution < -0.4 is 0 Å². The fraction of sp³-hybridized carbons (Fsp3) is 0.500. The van der Waals surface area contributed by atoms with E-state index in [-0.39, 0.29) is 11.9 Å². The van der Waals surface area contributed by atoms with Gasteiger partial charge >= 0.3 is 0 Å². The molecule has 1 aromatic rings. The summed E-state index contributed by atoms with van der Waals surface area (Å²) in [5.41, 5.74) is 3.17. The molecule has 0 bridgehead atoms. The highest BCUT2D eigenvalue weighted by Crippen LogP contribution is 2.22. The summed E-state index contributed by atoms with van der Waals surface area (Å²) in [5.74, 6) is 0.660. The van der Waals surface area contributed by atoms with Crippen molar-refractivity contribution in [1.82, 2.24) is 4.90 Å². The van der Waals surface area contributed by atoms with Gasteiger partial charge < -0.3 is 4.90 Å². The molecule has 3 heteroatoms. The van der Waals surface area contributed by atoms with E-state index in [1.165, 1.54) is 5.56 Å². The zero-order valence-electron chi connectivity index (χ0n) is 10.4. The summed E-state index contributed by atoms with van der Waals surface area (Å²) in [6, 6.07) is 6.11. The monoisotopic (exact) mass is 251 g/mol. The van der Waals surface area contributed by atoms with Gasteiger partial charge in [-0.3, -0.25) is 4.79 Å². The lowest BCUT2D eigenvalue weighted by molar-refractivity contribution is 0.0749. The Labute approximate surface area is 108 Å². The van der Waals surface area contributed by atoms with Crippen molar-refractivity contribution in [2.75, 3.05) is 12.4 Å². The second kappa shape index (κ2) is 5.09. The number of carbonyl (C=O) groups excluding carboxylic acids is 1. The van der Waals surface area contributed by atoms with Gasteiger partial charge in [0, 0.05) is 24.0 Å². The average molecular weight is 252 g/mol. The molecule has 1 atom stereocenters. The SMILES string of the molecule is Cc1ccc(C(=O)N2CCCC2CCl)cc1C. The van der Waals surface area contributed by atoms with Crippen molar-refractivity contribution in [3.63, 3.8) is 0 Å². The number of hydrogen-bond acceptors (Lipinski definition) is 1. The normalized spacial score (nSPS) is 19.7. The maximum absolute atomic E-state index is 12.3. The van der Waals surface area contributed by atoms with Gasteiger partial charge in [0.05, 0.1) is 0 Å². The van der Waals surface area contributed by atoms with Crippen LogP contribution in [0.5, 0.6) is 0 Å². The molecule has 1 fully saturated rings. The molecule has 1 amide bonds. The van der Waals surface area contributed by atoms with Gasteiger partial charge in [-0.1, -0.05) is 6.07 Å². The van der Waals surface area contributed by atoms with E-state index in [1.807, 2.05) is 30.0 Å². The van der Waals surface area contributed by atoms with Gasteiger partial charge in [-0.2, -0.15) is 0 Å². The molecule has 0 saturated carbocycles. The van der Waals surface area contributed by atoms with E-state index in [9.17, 15) is 4.79 Å². The summed E-state index contributed by atoms with van der Waals surface area (Å²) in [7, 11) is 0. The lowest BCUT2D eigenvalue weighted by Gasteiger charge is -2.23. The minimum absolute atomic E-state index is 0.122. The summed E-state index contributed by atoms with van der Waals surface area (Å²) in [6.45, 7) is 4.93. The third-order valence-corrected chi connectivity index (χ3v) is 3.93. The third kappa shape index (κ3) is 2.47. The summed E-state index contributed by atoms with van der Waals surface area (Å²) < 4.78 is 0. The Morgan fingerprint density at radius 1 is 1.41 bits per heavy atom. The molecule has 92 valence electrons. The fourth-order valence-corrected chi connectivity index (χ4v) is 2.62. The van der Waals surface area contributed by atoms with Crippen LogP contribution in [0.25, 0.3) is 0 Å². The average Bonchev–Trinajstić information content (AvgIpc) is 2.80. The van der Waals surface area contributed by atoms with Gasteiger partial charge in [0.15, 0.2) is 0 Å². The lowest BCUT2D eigenvalue weighted by Crippen LogP contribution is -2.36. The van der Waals surface area contributed by atoms with Crippen LogP contribution in [0.3, 0.4) is 0 Å². The Kier molecular flexibility index (Phi) is 3.72. The number of amides is 1. The molecular weight excluding hydrogens is 234 g/mol. The molecule has 0 radical (unpaired) electrons. The zero-order valence-corrected chi connectivity index (χ0v) is 11.1. The molecular formula is C14H18ClNO. The third-order valence-electron chi connectivity index (χ3n) is 3.57. The molecule has 0 N–H and O–H groups in total. The van der Waals surface area contributed by atoms with Crippen LogP contribution in [0.4, 0.5) is 0 Å². The van der Waals surface area contributed by atoms with Crippen molar-refractivity contribution in [3.05, 3.63) is 34.9 Å². The first-order chi connectivity index (χ1) is 8.13. The summed E-state index contributed by atoms with van der Waals surface area (Å²) in [5, 5.41) is 0. The standard InChI is InChI=1S/C14H18ClNO/c1-10-5-6-12(8-11(10)2)14(17)16-7-3-4-13(16)9-15/h5-6,8,13H,3-4,7,9H2,1-2H3. The molecule has 1 saturated heterocycles. The Balaban J connectivity index is 2.21. The first-order valence-corrected chi connectivity index (χ1v) is 6.61. The van der Waals surface area contributed by atoms with Gasteiger partial charge in [0.2, 0.25) is 0 Å². The van der Waals surface area contributed by atoms with Crippen LogP contribution in [0.2, 0.25) is 0 Å². The molecule has 2 nitrogen and oxygen atoms in total. The first kappa shape index (κ1) is 12.4. The maximum atomic E-state index is 12.3. The number of rotatable bonds is 2. The van der Waals surface area contributed by atoms with Crippen molar-refractivity contribution < 1.29 is 4.79 Å². The second-order valence-electron chi connectivity index (χ2n) is 4.75. The van der Waals surface area contributed by atoms with Gasteiger partial charge in [-0.15, -0.1) is 11.6 Å². The predicted octanol–water partition coefficient (Wildman–Crippen LogP) is 3.15. The van der Waals surface area contributed by atoms with E-state index >= 15 is 0 Å². The van der Waals surface area contributed by atoms with Crippen molar-refractivity contribution in [2.24, 2.45) is 0 Å². The summed E-state index contributed by atoms with van der Waals surface area (Å²) in [4.78, 5) is 14.3. The second-order valence-corrected chi connectivity index (χ2v) is 5.06. The van der Waals surface area contributed by atoms with Crippen molar-refractivity contribution in [2.45, 2.75) is 32.7 Å². The fourth-order valence-electron chi connectivity index (χ4n) is 2.30. The van der Waals surface area contributed by atoms with Crippen LogP contribution in [-0.4, -0.2) is 29.3 Å². The molecule has 1 aliphatic rings. The van der Waals surface area contributed by atoms with Crippen molar-refractivity contribution in [1.29, 1.82) is 0 Å². The predicted molar refractivity (Wildman–Crippen MR) is 70.7 cm³/mol. The van der Waals surface area contributed by atoms with E-state index < -0.39 is 0 Å². The van der Waals surface area contributed by atoms with Crippen LogP contribution in [-0.2, 0) is 0 Å². The molecule has 2 rings (SSSR count). The van der Waals surface area contributed by atoms with Crippen LogP contribution in [0.15, 0.2) is 18.2 Å². The van der Waals surface area contributed by atoms with Gasteiger partial charge in [-0.25, -0.2) is 0 Å². The van der Waals surface area contributed by atoms with Crippen molar-refractivity contribution >= 4 is 17.5 Å². The highest BCUT2D eigenvalue weighted by atomic mass is 35.5. The Bertz CT molecular complexity index is 430. The largest absolute Gasteiger partial charge is 0.334 e. The van der Waals surface area contributed by atoms with Gasteiger partial charge in [0.1, 0.15) is 0 Å². The van der Waals surface area contributed by atoms with Crippen LogP contribution >= 0.6 is 11.6 Å². The maximum Gasteiger partial charge on any atom is 0.254 e. The molecule has 1 unspecified atom stereocenters. The number of nitrogens with zero attached hydrogens (tertiary/aromatic N) is 1. The highest BCUT2D eigenvalue weighted by molar-refractivity contribution is 6.18. The number of hydrogen-bond donors (Lipinski definition) is 0. The van der Waals surface area contributed by atoms with Crippen LogP contribution in [0, 0.1) is 13.8 Å². The number of alkyl halides is 1. The van der Waals surface area contributed by atoms with E-state index in [2.05, 4.69) is 6.92 Å². The molecule has 1 aromatic carbocycles. The summed E-state index contributed by atoms with van der Waals surface area (Å²) >= 11 is 5.90. The zero-order chi connectivity index (χ0) is 12.4. The Morgan fingerprint density at radius 2 is 2.18 bits per heavy atom. The van der Waals surface area contributed by atoms with Gasteiger partial charge in [-0.05, 0) is 49.9 Å². The molecule has 0 aliphatic carbocycles. The van der Waals surface area contributed by atoms with Crippen LogP contribution in [0.1, 0.15) is 34.3 Å². The summed E-state index contributed by atoms with van der Waals surface area (Å²) in [6.07, 6.45) is 2.09. The number of likely N-dealkylation sites (tertiary alicyclic amines) is 1. The Hall–Kier alpha value is -1.02. The number of halogens is 1. The highest BCUT2D eigenvalue weighted by Gasteiger charge is 2.28. The van der Waals surface area contributed by atoms with E-state index in [0.29, 0.717) is 5.88 Å². The van der Waals surface area contributed by atoms with Crippen molar-refractivity contribution in [3.8, 4) is 0 Å². The molecule has 17 heavy (non-hydrogen) atoms. The number of aryl methyl sites for hydroxylation is 2. The van der Waals surface area contributed by atoms with E-state index in [0.717, 1.165) is 30.5 Å². The molecule has 1 heterocycles. The Morgan fingerprint density at radius 3 is 2.82 bits per heavy atom. The minimum Gasteiger partial charge on any atom is -0.334 e. The minimum atomic E-state index is 0.122. The van der Waals surface area contributed by atoms with E-state index in [4.69, 9.17) is 11.6 Å². The smallest absolute Gasteiger partial charge is 0.254 e. The molecule has 0 aromatic heterocycles. The topological polar surface area (TPSA) is 20.3 Å². The molecule has 0 spiro atoms. The number of carbonyl (C=O) groups is 1. The quantitative estimate of drug-likeness (QED) is 0.740. The lowest BCUT2D eigenvalue weighted by atomic mass is 10.1. The van der Waals surface area contributed by atoms with E-state index in [1.54, 1.807) is 0 Å². The number of benzene rings is 1. The first-order valence-electron chi connectivity index (χ1n) is 6.07.